The molecule has 35 heavy (non-hydrogen) atoms. The molecule has 0 rings (SSSR count). The molecular weight excluding hydrogens is 454 g/mol. The highest BCUT2D eigenvalue weighted by atomic mass is 28.4. The third-order valence-electron chi connectivity index (χ3n) is 6.71. The molecule has 0 heterocycles. The second-order valence-electron chi connectivity index (χ2n) is 12.4. The summed E-state index contributed by atoms with van der Waals surface area (Å²) in [4.78, 5) is 25.2. The molecule has 0 aliphatic heterocycles. The summed E-state index contributed by atoms with van der Waals surface area (Å²) in [5, 5.41) is 2.75. The minimum atomic E-state index is -2.05. The predicted molar refractivity (Wildman–Crippen MR) is 152 cm³/mol. The molecule has 1 N–H and O–H groups in total. The van der Waals surface area contributed by atoms with Crippen LogP contribution in [0, 0.1) is 0 Å². The molecule has 0 aromatic carbocycles. The summed E-state index contributed by atoms with van der Waals surface area (Å²) in [6.07, 6.45) is 18.2. The Bertz CT molecular complexity index is 617. The molecular formula is C29H57NO4Si. The largest absolute Gasteiger partial charge is 0.444 e. The first kappa shape index (κ1) is 33.9. The molecule has 0 spiro atoms. The van der Waals surface area contributed by atoms with Crippen LogP contribution in [-0.4, -0.2) is 38.4 Å². The SMILES string of the molecule is CCCCCCCCCCCCC/C=C/C(=O)[C@H](CO[Si](C)(C)C(C)(C)C)NC(=O)OC(C)(C)C. The molecule has 0 saturated carbocycles. The third kappa shape index (κ3) is 17.9. The molecule has 1 atom stereocenters. The molecule has 206 valence electrons. The fraction of sp³-hybridized carbons (Fsp3) is 0.862. The molecule has 1 amide bonds. The lowest BCUT2D eigenvalue weighted by Gasteiger charge is -2.37. The van der Waals surface area contributed by atoms with E-state index in [1.165, 1.54) is 64.2 Å². The fourth-order valence-corrected chi connectivity index (χ4v) is 4.41. The average Bonchev–Trinajstić information content (AvgIpc) is 2.72. The highest BCUT2D eigenvalue weighted by Gasteiger charge is 2.38. The summed E-state index contributed by atoms with van der Waals surface area (Å²) in [5.41, 5.74) is -0.622. The number of carbonyl (C=O) groups excluding carboxylic acids is 2. The molecule has 6 heteroatoms. The lowest BCUT2D eigenvalue weighted by atomic mass is 10.0. The highest BCUT2D eigenvalue weighted by Crippen LogP contribution is 2.36. The summed E-state index contributed by atoms with van der Waals surface area (Å²) in [6.45, 7) is 18.6. The Morgan fingerprint density at radius 1 is 0.829 bits per heavy atom. The van der Waals surface area contributed by atoms with Gasteiger partial charge in [-0.3, -0.25) is 4.79 Å². The van der Waals surface area contributed by atoms with Gasteiger partial charge in [0.05, 0.1) is 6.61 Å². The van der Waals surface area contributed by atoms with E-state index >= 15 is 0 Å². The van der Waals surface area contributed by atoms with Crippen molar-refractivity contribution in [1.29, 1.82) is 0 Å². The summed E-state index contributed by atoms with van der Waals surface area (Å²) in [7, 11) is -2.05. The van der Waals surface area contributed by atoms with Crippen LogP contribution in [0.5, 0.6) is 0 Å². The van der Waals surface area contributed by atoms with Crippen molar-refractivity contribution in [2.75, 3.05) is 6.61 Å². The van der Waals surface area contributed by atoms with E-state index in [0.29, 0.717) is 0 Å². The second-order valence-corrected chi connectivity index (χ2v) is 17.2. The standard InChI is InChI=1S/C29H57NO4Si/c1-10-11-12-13-14-15-16-17-18-19-20-21-22-23-26(31)25(30-27(32)34-28(2,3)4)24-33-35(8,9)29(5,6)7/h22-23,25H,10-21,24H2,1-9H3,(H,30,32)/b23-22+/t25-/m0/s1. The number of hydrogen-bond donors (Lipinski definition) is 1. The van der Waals surface area contributed by atoms with Crippen LogP contribution >= 0.6 is 0 Å². The van der Waals surface area contributed by atoms with Gasteiger partial charge >= 0.3 is 6.09 Å². The van der Waals surface area contributed by atoms with Gasteiger partial charge < -0.3 is 14.5 Å². The Balaban J connectivity index is 4.50. The van der Waals surface area contributed by atoms with Crippen molar-refractivity contribution >= 4 is 20.2 Å². The minimum absolute atomic E-state index is 0.0252. The molecule has 0 aromatic heterocycles. The van der Waals surface area contributed by atoms with Crippen LogP contribution in [0.25, 0.3) is 0 Å². The lowest BCUT2D eigenvalue weighted by molar-refractivity contribution is -0.117. The van der Waals surface area contributed by atoms with Gasteiger partial charge in [0.1, 0.15) is 11.6 Å². The predicted octanol–water partition coefficient (Wildman–Crippen LogP) is 8.73. The number of hydrogen-bond acceptors (Lipinski definition) is 4. The summed E-state index contributed by atoms with van der Waals surface area (Å²) < 4.78 is 11.6. The van der Waals surface area contributed by atoms with Crippen LogP contribution in [0.15, 0.2) is 12.2 Å². The first-order valence-electron chi connectivity index (χ1n) is 14.0. The van der Waals surface area contributed by atoms with Gasteiger partial charge in [0.2, 0.25) is 0 Å². The van der Waals surface area contributed by atoms with E-state index in [4.69, 9.17) is 9.16 Å². The molecule has 0 aliphatic rings. The van der Waals surface area contributed by atoms with Gasteiger partial charge in [-0.05, 0) is 57.8 Å². The van der Waals surface area contributed by atoms with Gasteiger partial charge in [0, 0.05) is 0 Å². The van der Waals surface area contributed by atoms with Crippen molar-refractivity contribution < 1.29 is 18.8 Å². The third-order valence-corrected chi connectivity index (χ3v) is 11.2. The van der Waals surface area contributed by atoms with E-state index in [1.807, 2.05) is 26.8 Å². The van der Waals surface area contributed by atoms with Crippen molar-refractivity contribution in [1.82, 2.24) is 5.32 Å². The Morgan fingerprint density at radius 3 is 1.77 bits per heavy atom. The van der Waals surface area contributed by atoms with E-state index in [9.17, 15) is 9.59 Å². The average molecular weight is 512 g/mol. The normalized spacial score (nSPS) is 13.7. The van der Waals surface area contributed by atoms with E-state index in [1.54, 1.807) is 6.08 Å². The van der Waals surface area contributed by atoms with Gasteiger partial charge in [-0.1, -0.05) is 98.0 Å². The summed E-state index contributed by atoms with van der Waals surface area (Å²) >= 11 is 0. The highest BCUT2D eigenvalue weighted by molar-refractivity contribution is 6.74. The number of unbranched alkanes of at least 4 members (excludes halogenated alkanes) is 11. The van der Waals surface area contributed by atoms with Crippen LogP contribution in [0.3, 0.4) is 0 Å². The zero-order valence-electron chi connectivity index (χ0n) is 24.6. The Morgan fingerprint density at radius 2 is 1.31 bits per heavy atom. The second kappa shape index (κ2) is 17.3. The van der Waals surface area contributed by atoms with Crippen LogP contribution in [0.4, 0.5) is 4.79 Å². The molecule has 0 saturated heterocycles. The summed E-state index contributed by atoms with van der Waals surface area (Å²) in [5.74, 6) is -0.141. The van der Waals surface area contributed by atoms with Crippen molar-refractivity contribution in [3.05, 3.63) is 12.2 Å². The van der Waals surface area contributed by atoms with E-state index in [2.05, 4.69) is 46.1 Å². The van der Waals surface area contributed by atoms with Gasteiger partial charge in [-0.25, -0.2) is 4.79 Å². The maximum Gasteiger partial charge on any atom is 0.408 e. The maximum atomic E-state index is 12.9. The van der Waals surface area contributed by atoms with Crippen molar-refractivity contribution in [2.45, 2.75) is 155 Å². The minimum Gasteiger partial charge on any atom is -0.444 e. The zero-order chi connectivity index (χ0) is 27.0. The number of amides is 1. The molecule has 0 aromatic rings. The van der Waals surface area contributed by atoms with E-state index in [0.717, 1.165) is 12.8 Å². The van der Waals surface area contributed by atoms with Crippen LogP contribution < -0.4 is 5.32 Å². The molecule has 0 fully saturated rings. The van der Waals surface area contributed by atoms with Gasteiger partial charge in [-0.15, -0.1) is 0 Å². The fourth-order valence-electron chi connectivity index (χ4n) is 3.39. The number of ketones is 1. The number of ether oxygens (including phenoxy) is 1. The van der Waals surface area contributed by atoms with Gasteiger partial charge in [-0.2, -0.15) is 0 Å². The van der Waals surface area contributed by atoms with Crippen molar-refractivity contribution in [2.24, 2.45) is 0 Å². The quantitative estimate of drug-likeness (QED) is 0.113. The topological polar surface area (TPSA) is 64.6 Å². The first-order chi connectivity index (χ1) is 16.2. The number of alkyl carbamates (subject to hydrolysis) is 1. The van der Waals surface area contributed by atoms with Crippen LogP contribution in [-0.2, 0) is 14.0 Å². The first-order valence-corrected chi connectivity index (χ1v) is 16.9. The van der Waals surface area contributed by atoms with Crippen molar-refractivity contribution in [3.8, 4) is 0 Å². The molecule has 0 bridgehead atoms. The molecule has 0 unspecified atom stereocenters. The lowest BCUT2D eigenvalue weighted by Crippen LogP contribution is -2.49. The van der Waals surface area contributed by atoms with Crippen LogP contribution in [0.2, 0.25) is 18.1 Å². The molecule has 5 nitrogen and oxygen atoms in total. The van der Waals surface area contributed by atoms with Gasteiger partial charge in [0.25, 0.3) is 0 Å². The number of carbonyl (C=O) groups is 2. The van der Waals surface area contributed by atoms with Crippen molar-refractivity contribution in [3.63, 3.8) is 0 Å². The van der Waals surface area contributed by atoms with Gasteiger partial charge in [0.15, 0.2) is 14.1 Å². The summed E-state index contributed by atoms with van der Waals surface area (Å²) in [6, 6.07) is -0.743. The number of rotatable bonds is 18. The molecule has 0 radical (unpaired) electrons. The Kier molecular flexibility index (Phi) is 16.8. The maximum absolute atomic E-state index is 12.9. The monoisotopic (exact) mass is 511 g/mol. The smallest absolute Gasteiger partial charge is 0.408 e. The number of allylic oxidation sites excluding steroid dienone is 1. The van der Waals surface area contributed by atoms with E-state index in [-0.39, 0.29) is 17.4 Å². The number of nitrogens with one attached hydrogen (secondary N) is 1. The van der Waals surface area contributed by atoms with E-state index < -0.39 is 26.1 Å². The zero-order valence-corrected chi connectivity index (χ0v) is 25.6. The molecule has 0 aliphatic carbocycles. The Hall–Kier alpha value is -1.14. The van der Waals surface area contributed by atoms with Crippen LogP contribution in [0.1, 0.15) is 126 Å². The Labute approximate surface area is 218 Å².